The number of urea groups is 1. The van der Waals surface area contributed by atoms with Crippen LogP contribution in [-0.4, -0.2) is 61.5 Å². The molecule has 2 aromatic rings. The normalized spacial score (nSPS) is 13.8. The van der Waals surface area contributed by atoms with Crippen LogP contribution in [0.2, 0.25) is 0 Å². The van der Waals surface area contributed by atoms with Gasteiger partial charge in [0.25, 0.3) is 0 Å². The van der Waals surface area contributed by atoms with Crippen LogP contribution >= 0.6 is 0 Å². The number of nitrogens with zero attached hydrogens (tertiary/aromatic N) is 4. The van der Waals surface area contributed by atoms with Gasteiger partial charge in [0.05, 0.1) is 34.0 Å². The minimum atomic E-state index is -0.379. The predicted molar refractivity (Wildman–Crippen MR) is 98.3 cm³/mol. The highest BCUT2D eigenvalue weighted by Gasteiger charge is 2.17. The Morgan fingerprint density at radius 2 is 2.00 bits per heavy atom. The summed E-state index contributed by atoms with van der Waals surface area (Å²) in [5, 5.41) is 5.46. The molecule has 0 bridgehead atoms. The van der Waals surface area contributed by atoms with Crippen LogP contribution in [0.15, 0.2) is 24.3 Å². The van der Waals surface area contributed by atoms with Crippen LogP contribution in [-0.2, 0) is 11.3 Å². The van der Waals surface area contributed by atoms with E-state index in [1.54, 1.807) is 31.4 Å². The molecule has 10 heteroatoms. The van der Waals surface area contributed by atoms with E-state index in [1.807, 2.05) is 4.90 Å². The molecule has 0 unspecified atom stereocenters. The standard InChI is InChI=1S/C17H22N6O4/c1-25-13-5-3-4-12(10-13)19-16(24)18-11-14-20-15(22-17(21-14)26-2)23-6-8-27-9-7-23/h3-5,10H,6-9,11H2,1-2H3,(H2,18,19,24). The summed E-state index contributed by atoms with van der Waals surface area (Å²) in [6, 6.07) is 6.91. The van der Waals surface area contributed by atoms with Gasteiger partial charge < -0.3 is 29.7 Å². The fourth-order valence-corrected chi connectivity index (χ4v) is 2.50. The second kappa shape index (κ2) is 8.99. The van der Waals surface area contributed by atoms with Crippen molar-refractivity contribution in [2.45, 2.75) is 6.54 Å². The number of anilines is 2. The molecule has 1 aliphatic heterocycles. The van der Waals surface area contributed by atoms with Crippen LogP contribution < -0.4 is 25.0 Å². The Hall–Kier alpha value is -3.14. The Labute approximate surface area is 156 Å². The number of hydrogen-bond donors (Lipinski definition) is 2. The number of benzene rings is 1. The van der Waals surface area contributed by atoms with E-state index in [4.69, 9.17) is 14.2 Å². The average molecular weight is 374 g/mol. The quantitative estimate of drug-likeness (QED) is 0.772. The number of carbonyl (C=O) groups excluding carboxylic acids is 1. The Balaban J connectivity index is 1.63. The van der Waals surface area contributed by atoms with Crippen molar-refractivity contribution < 1.29 is 19.0 Å². The first-order valence-corrected chi connectivity index (χ1v) is 8.48. The zero-order valence-corrected chi connectivity index (χ0v) is 15.3. The first-order valence-electron chi connectivity index (χ1n) is 8.48. The van der Waals surface area contributed by atoms with Crippen LogP contribution in [0.4, 0.5) is 16.4 Å². The molecule has 2 heterocycles. The molecule has 1 aromatic heterocycles. The van der Waals surface area contributed by atoms with Crippen LogP contribution in [0.25, 0.3) is 0 Å². The molecule has 2 N–H and O–H groups in total. The van der Waals surface area contributed by atoms with Gasteiger partial charge >= 0.3 is 12.0 Å². The first kappa shape index (κ1) is 18.6. The summed E-state index contributed by atoms with van der Waals surface area (Å²) in [7, 11) is 3.06. The van der Waals surface area contributed by atoms with Crippen LogP contribution in [0, 0.1) is 0 Å². The lowest BCUT2D eigenvalue weighted by atomic mass is 10.3. The van der Waals surface area contributed by atoms with Crippen molar-refractivity contribution in [1.29, 1.82) is 0 Å². The van der Waals surface area contributed by atoms with E-state index in [2.05, 4.69) is 25.6 Å². The maximum atomic E-state index is 12.1. The third-order valence-corrected chi connectivity index (χ3v) is 3.86. The largest absolute Gasteiger partial charge is 0.497 e. The Morgan fingerprint density at radius 1 is 1.19 bits per heavy atom. The minimum Gasteiger partial charge on any atom is -0.497 e. The number of hydrogen-bond acceptors (Lipinski definition) is 8. The minimum absolute atomic E-state index is 0.131. The molecule has 0 saturated carbocycles. The van der Waals surface area contributed by atoms with E-state index in [-0.39, 0.29) is 18.6 Å². The van der Waals surface area contributed by atoms with Crippen molar-refractivity contribution >= 4 is 17.7 Å². The lowest BCUT2D eigenvalue weighted by Crippen LogP contribution is -2.38. The molecule has 27 heavy (non-hydrogen) atoms. The number of carbonyl (C=O) groups is 1. The van der Waals surface area contributed by atoms with Crippen LogP contribution in [0.3, 0.4) is 0 Å². The van der Waals surface area contributed by atoms with Gasteiger partial charge in [-0.15, -0.1) is 0 Å². The van der Waals surface area contributed by atoms with E-state index >= 15 is 0 Å². The van der Waals surface area contributed by atoms with Gasteiger partial charge in [-0.25, -0.2) is 4.79 Å². The highest BCUT2D eigenvalue weighted by Crippen LogP contribution is 2.17. The van der Waals surface area contributed by atoms with E-state index < -0.39 is 0 Å². The summed E-state index contributed by atoms with van der Waals surface area (Å²) in [5.74, 6) is 1.57. The third-order valence-electron chi connectivity index (χ3n) is 3.86. The van der Waals surface area contributed by atoms with Gasteiger partial charge in [-0.3, -0.25) is 0 Å². The molecular weight excluding hydrogens is 352 g/mol. The van der Waals surface area contributed by atoms with Gasteiger partial charge in [0, 0.05) is 24.8 Å². The number of amides is 2. The molecule has 2 amide bonds. The molecule has 1 aliphatic rings. The number of aromatic nitrogens is 3. The Kier molecular flexibility index (Phi) is 6.21. The van der Waals surface area contributed by atoms with E-state index in [0.29, 0.717) is 49.5 Å². The zero-order chi connectivity index (χ0) is 19.1. The maximum Gasteiger partial charge on any atom is 0.321 e. The average Bonchev–Trinajstić information content (AvgIpc) is 2.72. The molecular formula is C17H22N6O4. The Morgan fingerprint density at radius 3 is 2.74 bits per heavy atom. The molecule has 0 radical (unpaired) electrons. The van der Waals surface area contributed by atoms with Crippen molar-refractivity contribution in [3.63, 3.8) is 0 Å². The highest BCUT2D eigenvalue weighted by atomic mass is 16.5. The summed E-state index contributed by atoms with van der Waals surface area (Å²) in [6.45, 7) is 2.74. The fourth-order valence-electron chi connectivity index (χ4n) is 2.50. The lowest BCUT2D eigenvalue weighted by molar-refractivity contribution is 0.122. The summed E-state index contributed by atoms with van der Waals surface area (Å²) >= 11 is 0. The molecule has 144 valence electrons. The number of methoxy groups -OCH3 is 2. The molecule has 1 saturated heterocycles. The van der Waals surface area contributed by atoms with Crippen molar-refractivity contribution in [1.82, 2.24) is 20.3 Å². The monoisotopic (exact) mass is 374 g/mol. The second-order valence-electron chi connectivity index (χ2n) is 5.68. The summed E-state index contributed by atoms with van der Waals surface area (Å²) in [4.78, 5) is 27.0. The number of rotatable bonds is 6. The van der Waals surface area contributed by atoms with Crippen LogP contribution in [0.5, 0.6) is 11.8 Å². The van der Waals surface area contributed by atoms with Gasteiger partial charge in [-0.1, -0.05) is 6.07 Å². The van der Waals surface area contributed by atoms with Crippen molar-refractivity contribution in [3.05, 3.63) is 30.1 Å². The van der Waals surface area contributed by atoms with Crippen molar-refractivity contribution in [2.24, 2.45) is 0 Å². The summed E-state index contributed by atoms with van der Waals surface area (Å²) in [6.07, 6.45) is 0. The van der Waals surface area contributed by atoms with Crippen molar-refractivity contribution in [3.8, 4) is 11.8 Å². The van der Waals surface area contributed by atoms with Crippen LogP contribution in [0.1, 0.15) is 5.82 Å². The first-order chi connectivity index (χ1) is 13.2. The maximum absolute atomic E-state index is 12.1. The van der Waals surface area contributed by atoms with Gasteiger partial charge in [-0.05, 0) is 12.1 Å². The zero-order valence-electron chi connectivity index (χ0n) is 15.3. The van der Waals surface area contributed by atoms with E-state index in [1.165, 1.54) is 7.11 Å². The SMILES string of the molecule is COc1cccc(NC(=O)NCc2nc(OC)nc(N3CCOCC3)n2)c1. The van der Waals surface area contributed by atoms with Gasteiger partial charge in [0.15, 0.2) is 5.82 Å². The van der Waals surface area contributed by atoms with Gasteiger partial charge in [0.2, 0.25) is 5.95 Å². The third kappa shape index (κ3) is 5.17. The summed E-state index contributed by atoms with van der Waals surface area (Å²) in [5.41, 5.74) is 0.620. The highest BCUT2D eigenvalue weighted by molar-refractivity contribution is 5.89. The molecule has 1 fully saturated rings. The fraction of sp³-hybridized carbons (Fsp3) is 0.412. The molecule has 10 nitrogen and oxygen atoms in total. The number of ether oxygens (including phenoxy) is 3. The molecule has 1 aromatic carbocycles. The number of nitrogens with one attached hydrogen (secondary N) is 2. The topological polar surface area (TPSA) is 111 Å². The summed E-state index contributed by atoms with van der Waals surface area (Å²) < 4.78 is 15.6. The predicted octanol–water partition coefficient (Wildman–Crippen LogP) is 1.05. The molecule has 0 aliphatic carbocycles. The van der Waals surface area contributed by atoms with Gasteiger partial charge in [-0.2, -0.15) is 15.0 Å². The van der Waals surface area contributed by atoms with Crippen molar-refractivity contribution in [2.75, 3.05) is 50.7 Å². The molecule has 0 atom stereocenters. The Bertz CT molecular complexity index is 782. The van der Waals surface area contributed by atoms with E-state index in [9.17, 15) is 4.79 Å². The van der Waals surface area contributed by atoms with Gasteiger partial charge in [0.1, 0.15) is 5.75 Å². The van der Waals surface area contributed by atoms with E-state index in [0.717, 1.165) is 0 Å². The molecule has 0 spiro atoms. The number of morpholine rings is 1. The molecule has 3 rings (SSSR count). The lowest BCUT2D eigenvalue weighted by Gasteiger charge is -2.26. The second-order valence-corrected chi connectivity index (χ2v) is 5.68. The smallest absolute Gasteiger partial charge is 0.321 e.